The Morgan fingerprint density at radius 3 is 2.42 bits per heavy atom. The molecule has 2 aromatic rings. The molecule has 2 aromatic carbocycles. The van der Waals surface area contributed by atoms with Gasteiger partial charge in [-0.15, -0.1) is 0 Å². The Bertz CT molecular complexity index is 929. The molecule has 9 heteroatoms. The second-order valence-electron chi connectivity index (χ2n) is 5.06. The van der Waals surface area contributed by atoms with Gasteiger partial charge in [-0.2, -0.15) is 0 Å². The molecule has 0 unspecified atom stereocenters. The molecule has 0 radical (unpaired) electrons. The average Bonchev–Trinajstić information content (AvgIpc) is 2.90. The number of thioether (sulfide) groups is 1. The number of amides is 3. The zero-order chi connectivity index (χ0) is 18.7. The monoisotopic (exact) mass is 408 g/mol. The van der Waals surface area contributed by atoms with Gasteiger partial charge in [-0.05, 0) is 53.7 Å². The van der Waals surface area contributed by atoms with E-state index < -0.39 is 17.2 Å². The summed E-state index contributed by atoms with van der Waals surface area (Å²) >= 11 is 12.5. The minimum atomic E-state index is -0.689. The number of halogens is 2. The average molecular weight is 409 g/mol. The Kier molecular flexibility index (Phi) is 5.51. The van der Waals surface area contributed by atoms with E-state index in [4.69, 9.17) is 27.9 Å². The van der Waals surface area contributed by atoms with Crippen LogP contribution in [0.1, 0.15) is 5.56 Å². The second kappa shape index (κ2) is 7.82. The number of carbonyl (C=O) groups excluding carboxylic acids is 3. The molecule has 1 fully saturated rings. The lowest BCUT2D eigenvalue weighted by Gasteiger charge is -2.07. The fraction of sp³-hybridized carbons (Fsp3) is 0. The summed E-state index contributed by atoms with van der Waals surface area (Å²) in [7, 11) is 0. The first kappa shape index (κ1) is 18.3. The molecule has 0 saturated carbocycles. The quantitative estimate of drug-likeness (QED) is 0.703. The molecule has 0 spiro atoms. The lowest BCUT2D eigenvalue weighted by molar-refractivity contribution is -0.115. The maximum absolute atomic E-state index is 11.9. The molecule has 3 amide bonds. The van der Waals surface area contributed by atoms with Crippen molar-refractivity contribution in [2.24, 2.45) is 0 Å². The van der Waals surface area contributed by atoms with Gasteiger partial charge in [0.25, 0.3) is 11.1 Å². The van der Waals surface area contributed by atoms with Gasteiger partial charge in [-0.3, -0.25) is 20.2 Å². The highest BCUT2D eigenvalue weighted by Gasteiger charge is 2.24. The van der Waals surface area contributed by atoms with Crippen molar-refractivity contribution >= 4 is 64.0 Å². The van der Waals surface area contributed by atoms with Crippen LogP contribution in [-0.4, -0.2) is 17.2 Å². The highest BCUT2D eigenvalue weighted by atomic mass is 35.5. The smallest absolute Gasteiger partial charge is 0.410 e. The Morgan fingerprint density at radius 1 is 1.08 bits per heavy atom. The summed E-state index contributed by atoms with van der Waals surface area (Å²) in [5, 5.41) is 5.00. The summed E-state index contributed by atoms with van der Waals surface area (Å²) in [6.45, 7) is 0. The molecule has 1 saturated heterocycles. The van der Waals surface area contributed by atoms with Crippen LogP contribution in [0.25, 0.3) is 6.08 Å². The predicted molar refractivity (Wildman–Crippen MR) is 102 cm³/mol. The van der Waals surface area contributed by atoms with E-state index in [9.17, 15) is 14.4 Å². The van der Waals surface area contributed by atoms with Crippen LogP contribution in [0.2, 0.25) is 10.0 Å². The molecule has 0 bridgehead atoms. The van der Waals surface area contributed by atoms with Crippen molar-refractivity contribution in [1.82, 2.24) is 5.32 Å². The molecule has 2 N–H and O–H groups in total. The van der Waals surface area contributed by atoms with E-state index in [0.29, 0.717) is 32.0 Å². The van der Waals surface area contributed by atoms with Crippen LogP contribution < -0.4 is 15.4 Å². The van der Waals surface area contributed by atoms with Crippen LogP contribution in [0, 0.1) is 0 Å². The first-order valence-electron chi connectivity index (χ1n) is 7.19. The lowest BCUT2D eigenvalue weighted by atomic mass is 10.2. The largest absolute Gasteiger partial charge is 0.417 e. The van der Waals surface area contributed by atoms with Crippen molar-refractivity contribution in [2.45, 2.75) is 0 Å². The Morgan fingerprint density at radius 2 is 1.81 bits per heavy atom. The maximum atomic E-state index is 11.9. The molecule has 132 valence electrons. The highest BCUT2D eigenvalue weighted by Crippen LogP contribution is 2.27. The summed E-state index contributed by atoms with van der Waals surface area (Å²) < 4.78 is 5.17. The lowest BCUT2D eigenvalue weighted by Crippen LogP contribution is -2.17. The van der Waals surface area contributed by atoms with E-state index in [-0.39, 0.29) is 0 Å². The first-order valence-corrected chi connectivity index (χ1v) is 8.77. The maximum Gasteiger partial charge on any atom is 0.417 e. The van der Waals surface area contributed by atoms with Crippen molar-refractivity contribution in [3.63, 3.8) is 0 Å². The van der Waals surface area contributed by atoms with E-state index in [1.165, 1.54) is 6.07 Å². The topological polar surface area (TPSA) is 84.5 Å². The van der Waals surface area contributed by atoms with Crippen LogP contribution in [-0.2, 0) is 4.79 Å². The number of rotatable bonds is 3. The molecule has 0 aliphatic carbocycles. The number of benzene rings is 2. The molecular formula is C17H10Cl2N2O4S. The fourth-order valence-corrected chi connectivity index (χ4v) is 3.01. The van der Waals surface area contributed by atoms with Crippen molar-refractivity contribution < 1.29 is 19.1 Å². The van der Waals surface area contributed by atoms with Crippen molar-refractivity contribution in [3.8, 4) is 5.75 Å². The Labute approximate surface area is 162 Å². The zero-order valence-electron chi connectivity index (χ0n) is 12.9. The number of carbonyl (C=O) groups is 3. The Hall–Kier alpha value is -2.48. The minimum absolute atomic E-state index is 0.307. The van der Waals surface area contributed by atoms with Crippen molar-refractivity contribution in [1.29, 1.82) is 0 Å². The minimum Gasteiger partial charge on any atom is -0.410 e. The third-order valence-corrected chi connectivity index (χ3v) is 4.75. The molecule has 0 atom stereocenters. The number of nitrogens with one attached hydrogen (secondary N) is 2. The normalized spacial score (nSPS) is 15.1. The number of hydrogen-bond acceptors (Lipinski definition) is 5. The molecule has 26 heavy (non-hydrogen) atoms. The van der Waals surface area contributed by atoms with Crippen LogP contribution in [0.3, 0.4) is 0 Å². The number of imide groups is 1. The van der Waals surface area contributed by atoms with Gasteiger partial charge in [0.05, 0.1) is 15.0 Å². The Balaban J connectivity index is 1.62. The predicted octanol–water partition coefficient (Wildman–Crippen LogP) is 4.93. The number of ether oxygens (including phenoxy) is 1. The van der Waals surface area contributed by atoms with Gasteiger partial charge in [-0.25, -0.2) is 4.79 Å². The second-order valence-corrected chi connectivity index (χ2v) is 6.89. The van der Waals surface area contributed by atoms with Gasteiger partial charge < -0.3 is 4.74 Å². The molecule has 6 nitrogen and oxygen atoms in total. The van der Waals surface area contributed by atoms with Gasteiger partial charge >= 0.3 is 6.09 Å². The molecule has 1 aliphatic heterocycles. The van der Waals surface area contributed by atoms with Crippen molar-refractivity contribution in [2.75, 3.05) is 5.32 Å². The first-order chi connectivity index (χ1) is 12.4. The fourth-order valence-electron chi connectivity index (χ4n) is 2.03. The van der Waals surface area contributed by atoms with Crippen LogP contribution in [0.4, 0.5) is 15.3 Å². The van der Waals surface area contributed by atoms with Gasteiger partial charge in [-0.1, -0.05) is 35.3 Å². The molecule has 1 aliphatic rings. The third kappa shape index (κ3) is 4.57. The summed E-state index contributed by atoms with van der Waals surface area (Å²) in [6, 6.07) is 11.1. The van der Waals surface area contributed by atoms with Crippen LogP contribution in [0.5, 0.6) is 5.75 Å². The van der Waals surface area contributed by atoms with E-state index in [1.807, 2.05) is 0 Å². The number of hydrogen-bond donors (Lipinski definition) is 2. The third-order valence-electron chi connectivity index (χ3n) is 3.20. The summed E-state index contributed by atoms with van der Waals surface area (Å²) in [6.07, 6.45) is 0.885. The van der Waals surface area contributed by atoms with E-state index in [0.717, 1.165) is 11.8 Å². The highest BCUT2D eigenvalue weighted by molar-refractivity contribution is 8.18. The summed E-state index contributed by atoms with van der Waals surface area (Å²) in [5.41, 5.74) is 1.13. The van der Waals surface area contributed by atoms with Gasteiger partial charge in [0, 0.05) is 5.69 Å². The number of anilines is 1. The van der Waals surface area contributed by atoms with Crippen LogP contribution >= 0.6 is 35.0 Å². The standard InChI is InChI=1S/C17H10Cl2N2O4S/c18-12-6-3-10(8-13(12)19)20-16(23)25-11-4-1-9(2-5-11)7-14-15(22)21-17(24)26-14/h1-8H,(H,20,23)(H,21,22,24). The molecular weight excluding hydrogens is 399 g/mol. The zero-order valence-corrected chi connectivity index (χ0v) is 15.2. The van der Waals surface area contributed by atoms with E-state index in [2.05, 4.69) is 10.6 Å². The van der Waals surface area contributed by atoms with E-state index in [1.54, 1.807) is 42.5 Å². The summed E-state index contributed by atoms with van der Waals surface area (Å²) in [5.74, 6) is -0.120. The van der Waals surface area contributed by atoms with Gasteiger partial charge in [0.15, 0.2) is 0 Å². The van der Waals surface area contributed by atoms with Crippen LogP contribution in [0.15, 0.2) is 47.4 Å². The molecule has 0 aromatic heterocycles. The summed E-state index contributed by atoms with van der Waals surface area (Å²) in [4.78, 5) is 34.8. The molecule has 1 heterocycles. The van der Waals surface area contributed by atoms with Gasteiger partial charge in [0.1, 0.15) is 5.75 Å². The SMILES string of the molecule is O=C(Nc1ccc(Cl)c(Cl)c1)Oc1ccc(C=C2SC(=O)NC2=O)cc1. The molecule has 3 rings (SSSR count). The van der Waals surface area contributed by atoms with Crippen molar-refractivity contribution in [3.05, 3.63) is 63.0 Å². The van der Waals surface area contributed by atoms with Gasteiger partial charge in [0.2, 0.25) is 0 Å². The van der Waals surface area contributed by atoms with E-state index >= 15 is 0 Å².